The van der Waals surface area contributed by atoms with Gasteiger partial charge in [-0.05, 0) is 94.3 Å². The number of nitrogens with one attached hydrogen (secondary N) is 2. The molecule has 2 aromatic carbocycles. The second kappa shape index (κ2) is 15.0. The number of aromatic nitrogens is 3. The number of carbonyl (C=O) groups excluding carboxylic acids is 2. The molecule has 11 nitrogen and oxygen atoms in total. The molecule has 4 aromatic rings. The fourth-order valence-electron chi connectivity index (χ4n) is 8.70. The van der Waals surface area contributed by atoms with Crippen molar-refractivity contribution in [1.82, 2.24) is 34.6 Å². The molecular weight excluding hydrogens is 730 g/mol. The smallest absolute Gasteiger partial charge is 0.398 e. The van der Waals surface area contributed by atoms with Gasteiger partial charge in [0.1, 0.15) is 6.04 Å². The zero-order valence-electron chi connectivity index (χ0n) is 30.3. The van der Waals surface area contributed by atoms with Gasteiger partial charge in [-0.3, -0.25) is 14.3 Å². The van der Waals surface area contributed by atoms with Gasteiger partial charge in [0.2, 0.25) is 5.91 Å². The van der Waals surface area contributed by atoms with E-state index in [9.17, 15) is 40.7 Å². The van der Waals surface area contributed by atoms with Crippen molar-refractivity contribution in [3.05, 3.63) is 69.8 Å². The second-order valence-electron chi connectivity index (χ2n) is 15.2. The number of amides is 3. The Bertz CT molecular complexity index is 2070. The molecule has 3 fully saturated rings. The van der Waals surface area contributed by atoms with Crippen molar-refractivity contribution < 1.29 is 35.9 Å². The quantitative estimate of drug-likeness (QED) is 0.162. The number of halogens is 6. The summed E-state index contributed by atoms with van der Waals surface area (Å²) in [4.78, 5) is 53.7. The highest BCUT2D eigenvalue weighted by atomic mass is 19.4. The van der Waals surface area contributed by atoms with Crippen LogP contribution in [0.5, 0.6) is 0 Å². The number of rotatable bonds is 6. The van der Waals surface area contributed by atoms with E-state index >= 15 is 0 Å². The summed E-state index contributed by atoms with van der Waals surface area (Å²) in [7, 11) is 2.08. The highest BCUT2D eigenvalue weighted by Gasteiger charge is 2.42. The Morgan fingerprint density at radius 2 is 1.44 bits per heavy atom. The minimum atomic E-state index is -5.20. The molecule has 2 aromatic heterocycles. The average molecular weight is 775 g/mol. The minimum absolute atomic E-state index is 0.178. The SMILES string of the molecule is CN1CCC(C2CCN(C(=O)C(Cc3cc(C(F)(F)F)c(N)c(C(F)(F)F)c3)NC(=O)N3CCC(n4c(=O)[nH]c5c6ccccc6ncc54)CC3)CC2)CC1. The molecule has 3 aliphatic heterocycles. The van der Waals surface area contributed by atoms with Crippen LogP contribution in [0.4, 0.5) is 36.8 Å². The molecule has 5 heterocycles. The number of nitrogens with zero attached hydrogens (tertiary/aromatic N) is 5. The number of likely N-dealkylation sites (tertiary alicyclic amines) is 3. The van der Waals surface area contributed by atoms with Gasteiger partial charge in [-0.2, -0.15) is 26.3 Å². The van der Waals surface area contributed by atoms with Crippen LogP contribution in [0.15, 0.2) is 47.4 Å². The van der Waals surface area contributed by atoms with E-state index in [-0.39, 0.29) is 24.8 Å². The average Bonchev–Trinajstić information content (AvgIpc) is 3.50. The number of anilines is 1. The largest absolute Gasteiger partial charge is 0.418 e. The van der Waals surface area contributed by atoms with E-state index in [0.29, 0.717) is 73.8 Å². The maximum atomic E-state index is 14.1. The number of urea groups is 1. The summed E-state index contributed by atoms with van der Waals surface area (Å²) >= 11 is 0. The van der Waals surface area contributed by atoms with Gasteiger partial charge in [0.25, 0.3) is 0 Å². The topological polar surface area (TPSA) is 133 Å². The van der Waals surface area contributed by atoms with Gasteiger partial charge in [0.15, 0.2) is 0 Å². The third-order valence-electron chi connectivity index (χ3n) is 11.7. The van der Waals surface area contributed by atoms with Crippen LogP contribution >= 0.6 is 0 Å². The highest BCUT2D eigenvalue weighted by Crippen LogP contribution is 2.42. The number of piperidine rings is 3. The highest BCUT2D eigenvalue weighted by molar-refractivity contribution is 6.01. The number of carbonyl (C=O) groups is 2. The third-order valence-corrected chi connectivity index (χ3v) is 11.7. The summed E-state index contributed by atoms with van der Waals surface area (Å²) in [6.45, 7) is 3.06. The van der Waals surface area contributed by atoms with Crippen molar-refractivity contribution in [1.29, 1.82) is 0 Å². The minimum Gasteiger partial charge on any atom is -0.398 e. The molecule has 296 valence electrons. The van der Waals surface area contributed by atoms with E-state index in [4.69, 9.17) is 5.73 Å². The maximum Gasteiger partial charge on any atom is 0.418 e. The normalized spacial score (nSPS) is 19.3. The third kappa shape index (κ3) is 7.98. The van der Waals surface area contributed by atoms with Gasteiger partial charge in [-0.25, -0.2) is 9.59 Å². The predicted molar refractivity (Wildman–Crippen MR) is 194 cm³/mol. The first kappa shape index (κ1) is 38.5. The molecule has 3 saturated heterocycles. The number of para-hydroxylation sites is 1. The molecule has 0 spiro atoms. The fraction of sp³-hybridized carbons (Fsp3) is 0.526. The van der Waals surface area contributed by atoms with Crippen LogP contribution in [0, 0.1) is 11.8 Å². The van der Waals surface area contributed by atoms with Gasteiger partial charge >= 0.3 is 24.1 Å². The monoisotopic (exact) mass is 774 g/mol. The Morgan fingerprint density at radius 3 is 2.04 bits per heavy atom. The molecule has 7 rings (SSSR count). The number of fused-ring (bicyclic) bond motifs is 3. The van der Waals surface area contributed by atoms with Gasteiger partial charge in [-0.15, -0.1) is 0 Å². The van der Waals surface area contributed by atoms with E-state index in [1.807, 2.05) is 24.3 Å². The Labute approximate surface area is 312 Å². The van der Waals surface area contributed by atoms with Crippen molar-refractivity contribution in [2.45, 2.75) is 69.4 Å². The number of nitrogens with two attached hydrogens (primary N) is 1. The number of aromatic amines is 1. The van der Waals surface area contributed by atoms with Crippen LogP contribution in [0.3, 0.4) is 0 Å². The lowest BCUT2D eigenvalue weighted by Crippen LogP contribution is -2.55. The van der Waals surface area contributed by atoms with Crippen LogP contribution in [0.25, 0.3) is 21.9 Å². The van der Waals surface area contributed by atoms with Crippen LogP contribution in [-0.4, -0.2) is 93.5 Å². The molecule has 0 radical (unpaired) electrons. The number of H-pyrrole nitrogens is 1. The van der Waals surface area contributed by atoms with Crippen molar-refractivity contribution in [3.63, 3.8) is 0 Å². The van der Waals surface area contributed by atoms with Gasteiger partial charge in [-0.1, -0.05) is 18.2 Å². The van der Waals surface area contributed by atoms with Gasteiger partial charge in [0.05, 0.1) is 39.6 Å². The lowest BCUT2D eigenvalue weighted by atomic mass is 9.79. The van der Waals surface area contributed by atoms with Gasteiger partial charge in [0, 0.05) is 44.0 Å². The summed E-state index contributed by atoms with van der Waals surface area (Å²) < 4.78 is 85.2. The molecule has 1 unspecified atom stereocenters. The summed E-state index contributed by atoms with van der Waals surface area (Å²) in [6.07, 6.45) is -5.11. The first-order valence-electron chi connectivity index (χ1n) is 18.7. The second-order valence-corrected chi connectivity index (χ2v) is 15.2. The molecule has 3 amide bonds. The Hall–Kier alpha value is -4.80. The van der Waals surface area contributed by atoms with Crippen molar-refractivity contribution >= 4 is 39.6 Å². The van der Waals surface area contributed by atoms with Crippen molar-refractivity contribution in [2.75, 3.05) is 52.0 Å². The molecule has 4 N–H and O–H groups in total. The first-order valence-corrected chi connectivity index (χ1v) is 18.7. The number of pyridine rings is 1. The van der Waals surface area contributed by atoms with Crippen molar-refractivity contribution in [3.8, 4) is 0 Å². The number of alkyl halides is 6. The summed E-state index contributed by atoms with van der Waals surface area (Å²) in [5.74, 6) is 0.333. The molecule has 0 saturated carbocycles. The number of imidazole rings is 1. The first-order chi connectivity index (χ1) is 26.1. The standard InChI is InChI=1S/C38H44F6N8O3/c1-49-12-6-23(7-13-49)24-8-14-50(15-9-24)34(53)30(20-22-18-27(37(39,40)41)32(45)28(19-22)38(42,43)44)47-35(54)51-16-10-25(11-17-51)52-31-21-46-29-5-3-2-4-26(29)33(31)48-36(52)55/h2-5,18-19,21,23-25,30H,6-17,20,45H2,1H3,(H,47,54)(H,48,55). The van der Waals surface area contributed by atoms with Crippen LogP contribution in [-0.2, 0) is 23.6 Å². The zero-order valence-corrected chi connectivity index (χ0v) is 30.3. The lowest BCUT2D eigenvalue weighted by Gasteiger charge is -2.40. The number of hydrogen-bond acceptors (Lipinski definition) is 6. The summed E-state index contributed by atoms with van der Waals surface area (Å²) in [6, 6.07) is 6.03. The molecule has 17 heteroatoms. The molecule has 3 aliphatic rings. The molecule has 0 aliphatic carbocycles. The van der Waals surface area contributed by atoms with E-state index < -0.39 is 59.1 Å². The Balaban J connectivity index is 1.09. The summed E-state index contributed by atoms with van der Waals surface area (Å²) in [5.41, 5.74) is 1.85. The molecule has 55 heavy (non-hydrogen) atoms. The number of benzene rings is 2. The zero-order chi connectivity index (χ0) is 39.2. The summed E-state index contributed by atoms with van der Waals surface area (Å²) in [5, 5.41) is 3.46. The number of nitrogen functional groups attached to an aromatic ring is 1. The Morgan fingerprint density at radius 1 is 0.873 bits per heavy atom. The van der Waals surface area contributed by atoms with Crippen LogP contribution < -0.4 is 16.7 Å². The van der Waals surface area contributed by atoms with Crippen molar-refractivity contribution in [2.24, 2.45) is 11.8 Å². The predicted octanol–water partition coefficient (Wildman–Crippen LogP) is 6.04. The maximum absolute atomic E-state index is 14.1. The molecule has 1 atom stereocenters. The lowest BCUT2D eigenvalue weighted by molar-refractivity contribution is -0.141. The van der Waals surface area contributed by atoms with E-state index in [1.54, 1.807) is 15.7 Å². The van der Waals surface area contributed by atoms with Crippen LogP contribution in [0.2, 0.25) is 0 Å². The van der Waals surface area contributed by atoms with Crippen LogP contribution in [0.1, 0.15) is 61.3 Å². The van der Waals surface area contributed by atoms with E-state index in [0.717, 1.165) is 36.8 Å². The van der Waals surface area contributed by atoms with Gasteiger partial charge < -0.3 is 30.7 Å². The number of hydrogen-bond donors (Lipinski definition) is 3. The molecular formula is C38H44F6N8O3. The fourth-order valence-corrected chi connectivity index (χ4v) is 8.70. The molecule has 0 bridgehead atoms. The van der Waals surface area contributed by atoms with E-state index in [1.165, 1.54) is 4.90 Å². The Kier molecular flexibility index (Phi) is 10.5. The van der Waals surface area contributed by atoms with E-state index in [2.05, 4.69) is 27.2 Å².